The number of carbonyl (C=O) groups is 1. The standard InChI is InChI=1S/C22H24N6O2/c1-2-19(29)27-13-10-26(11-14-27)12-15-28-20(30)9-8-17-16-23-22(25-21(17)28)24-18-6-4-3-5-7-18/h2-9,16H,1,10-15H2,(H,23,24,25). The van der Waals surface area contributed by atoms with Crippen molar-refractivity contribution in [2.75, 3.05) is 38.0 Å². The molecule has 0 aliphatic carbocycles. The maximum atomic E-state index is 12.6. The summed E-state index contributed by atoms with van der Waals surface area (Å²) in [7, 11) is 0. The first-order chi connectivity index (χ1) is 14.6. The van der Waals surface area contributed by atoms with Crippen molar-refractivity contribution in [2.45, 2.75) is 6.54 Å². The van der Waals surface area contributed by atoms with Crippen LogP contribution in [0, 0.1) is 0 Å². The summed E-state index contributed by atoms with van der Waals surface area (Å²) in [6, 6.07) is 13.0. The van der Waals surface area contributed by atoms with Gasteiger partial charge in [-0.05, 0) is 24.3 Å². The lowest BCUT2D eigenvalue weighted by molar-refractivity contribution is -0.127. The largest absolute Gasteiger partial charge is 0.337 e. The summed E-state index contributed by atoms with van der Waals surface area (Å²) in [5.41, 5.74) is 1.40. The van der Waals surface area contributed by atoms with E-state index in [1.165, 1.54) is 6.08 Å². The minimum absolute atomic E-state index is 0.0323. The first kappa shape index (κ1) is 19.8. The molecule has 8 heteroatoms. The van der Waals surface area contributed by atoms with Crippen LogP contribution < -0.4 is 10.9 Å². The average Bonchev–Trinajstić information content (AvgIpc) is 2.79. The number of para-hydroxylation sites is 1. The highest BCUT2D eigenvalue weighted by Crippen LogP contribution is 2.15. The number of benzene rings is 1. The SMILES string of the molecule is C=CC(=O)N1CCN(CCn2c(=O)ccc3cnc(Nc4ccccc4)nc32)CC1. The smallest absolute Gasteiger partial charge is 0.252 e. The lowest BCUT2D eigenvalue weighted by Gasteiger charge is -2.34. The van der Waals surface area contributed by atoms with E-state index >= 15 is 0 Å². The molecule has 1 aromatic carbocycles. The van der Waals surface area contributed by atoms with Crippen LogP contribution in [0.1, 0.15) is 0 Å². The summed E-state index contributed by atoms with van der Waals surface area (Å²) in [4.78, 5) is 37.3. The van der Waals surface area contributed by atoms with Crippen molar-refractivity contribution >= 4 is 28.6 Å². The fraction of sp³-hybridized carbons (Fsp3) is 0.273. The fourth-order valence-electron chi connectivity index (χ4n) is 3.56. The predicted molar refractivity (Wildman–Crippen MR) is 117 cm³/mol. The van der Waals surface area contributed by atoms with E-state index in [1.807, 2.05) is 30.3 Å². The number of hydrogen-bond donors (Lipinski definition) is 1. The van der Waals surface area contributed by atoms with Crippen molar-refractivity contribution in [2.24, 2.45) is 0 Å². The molecule has 30 heavy (non-hydrogen) atoms. The molecule has 1 saturated heterocycles. The van der Waals surface area contributed by atoms with Gasteiger partial charge in [0.25, 0.3) is 5.56 Å². The molecule has 0 unspecified atom stereocenters. The summed E-state index contributed by atoms with van der Waals surface area (Å²) < 4.78 is 1.69. The molecule has 4 rings (SSSR count). The second kappa shape index (κ2) is 8.87. The minimum atomic E-state index is -0.0904. The van der Waals surface area contributed by atoms with E-state index < -0.39 is 0 Å². The van der Waals surface area contributed by atoms with E-state index in [-0.39, 0.29) is 11.5 Å². The van der Waals surface area contributed by atoms with E-state index in [2.05, 4.69) is 26.8 Å². The minimum Gasteiger partial charge on any atom is -0.337 e. The van der Waals surface area contributed by atoms with Gasteiger partial charge in [-0.2, -0.15) is 4.98 Å². The molecule has 3 heterocycles. The lowest BCUT2D eigenvalue weighted by Crippen LogP contribution is -2.49. The number of anilines is 2. The van der Waals surface area contributed by atoms with E-state index in [0.29, 0.717) is 37.8 Å². The van der Waals surface area contributed by atoms with Gasteiger partial charge in [0.2, 0.25) is 11.9 Å². The van der Waals surface area contributed by atoms with E-state index in [0.717, 1.165) is 24.2 Å². The molecular weight excluding hydrogens is 380 g/mol. The molecule has 1 aliphatic rings. The summed E-state index contributed by atoms with van der Waals surface area (Å²) >= 11 is 0. The number of hydrogen-bond acceptors (Lipinski definition) is 6. The Bertz CT molecular complexity index is 1100. The van der Waals surface area contributed by atoms with Gasteiger partial charge in [-0.15, -0.1) is 0 Å². The molecule has 154 valence electrons. The van der Waals surface area contributed by atoms with Crippen molar-refractivity contribution in [1.29, 1.82) is 0 Å². The molecular formula is C22H24N6O2. The molecule has 1 N–H and O–H groups in total. The van der Waals surface area contributed by atoms with Crippen molar-refractivity contribution in [1.82, 2.24) is 24.3 Å². The Morgan fingerprint density at radius 2 is 1.83 bits per heavy atom. The van der Waals surface area contributed by atoms with Gasteiger partial charge in [-0.1, -0.05) is 24.8 Å². The van der Waals surface area contributed by atoms with Crippen LogP contribution in [0.3, 0.4) is 0 Å². The van der Waals surface area contributed by atoms with Gasteiger partial charge < -0.3 is 10.2 Å². The highest BCUT2D eigenvalue weighted by molar-refractivity contribution is 5.87. The van der Waals surface area contributed by atoms with Crippen LogP contribution in [0.15, 0.2) is 66.1 Å². The normalized spacial score (nSPS) is 14.6. The van der Waals surface area contributed by atoms with Crippen LogP contribution in [-0.2, 0) is 11.3 Å². The quantitative estimate of drug-likeness (QED) is 0.632. The Labute approximate surface area is 174 Å². The van der Waals surface area contributed by atoms with Gasteiger partial charge in [0.1, 0.15) is 5.65 Å². The zero-order valence-corrected chi connectivity index (χ0v) is 16.7. The van der Waals surface area contributed by atoms with Gasteiger partial charge in [0.15, 0.2) is 0 Å². The second-order valence-corrected chi connectivity index (χ2v) is 7.16. The maximum Gasteiger partial charge on any atom is 0.252 e. The molecule has 0 radical (unpaired) electrons. The van der Waals surface area contributed by atoms with Gasteiger partial charge in [-0.3, -0.25) is 19.1 Å². The Hall–Kier alpha value is -3.52. The van der Waals surface area contributed by atoms with Crippen LogP contribution >= 0.6 is 0 Å². The van der Waals surface area contributed by atoms with Crippen molar-refractivity contribution in [3.05, 3.63) is 71.7 Å². The van der Waals surface area contributed by atoms with Gasteiger partial charge in [0.05, 0.1) is 0 Å². The number of rotatable bonds is 6. The maximum absolute atomic E-state index is 12.6. The van der Waals surface area contributed by atoms with Crippen molar-refractivity contribution in [3.63, 3.8) is 0 Å². The Morgan fingerprint density at radius 1 is 1.07 bits per heavy atom. The molecule has 8 nitrogen and oxygen atoms in total. The third kappa shape index (κ3) is 4.38. The van der Waals surface area contributed by atoms with Crippen LogP contribution in [0.2, 0.25) is 0 Å². The summed E-state index contributed by atoms with van der Waals surface area (Å²) in [6.45, 7) is 7.66. The van der Waals surface area contributed by atoms with Gasteiger partial charge in [0, 0.05) is 62.6 Å². The molecule has 0 spiro atoms. The molecule has 1 fully saturated rings. The predicted octanol–water partition coefficient (Wildman–Crippen LogP) is 1.87. The molecule has 0 saturated carbocycles. The zero-order valence-electron chi connectivity index (χ0n) is 16.7. The molecule has 3 aromatic rings. The third-order valence-electron chi connectivity index (χ3n) is 5.25. The summed E-state index contributed by atoms with van der Waals surface area (Å²) in [6.07, 6.45) is 3.08. The third-order valence-corrected chi connectivity index (χ3v) is 5.25. The van der Waals surface area contributed by atoms with Crippen LogP contribution in [0.25, 0.3) is 11.0 Å². The Balaban J connectivity index is 1.50. The molecule has 0 bridgehead atoms. The number of pyridine rings is 1. The highest BCUT2D eigenvalue weighted by Gasteiger charge is 2.19. The Kier molecular flexibility index (Phi) is 5.85. The van der Waals surface area contributed by atoms with Crippen LogP contribution in [-0.4, -0.2) is 63.0 Å². The number of amides is 1. The van der Waals surface area contributed by atoms with Gasteiger partial charge in [-0.25, -0.2) is 4.98 Å². The number of nitrogens with one attached hydrogen (secondary N) is 1. The summed E-state index contributed by atoms with van der Waals surface area (Å²) in [5.74, 6) is 0.416. The van der Waals surface area contributed by atoms with Crippen molar-refractivity contribution < 1.29 is 4.79 Å². The number of carbonyl (C=O) groups excluding carboxylic acids is 1. The fourth-order valence-corrected chi connectivity index (χ4v) is 3.56. The zero-order chi connectivity index (χ0) is 20.9. The summed E-state index contributed by atoms with van der Waals surface area (Å²) in [5, 5.41) is 3.99. The highest BCUT2D eigenvalue weighted by atomic mass is 16.2. The lowest BCUT2D eigenvalue weighted by atomic mass is 10.3. The van der Waals surface area contributed by atoms with E-state index in [1.54, 1.807) is 27.8 Å². The second-order valence-electron chi connectivity index (χ2n) is 7.16. The number of fused-ring (bicyclic) bond motifs is 1. The molecule has 1 amide bonds. The first-order valence-corrected chi connectivity index (χ1v) is 9.96. The van der Waals surface area contributed by atoms with E-state index in [9.17, 15) is 9.59 Å². The van der Waals surface area contributed by atoms with Crippen LogP contribution in [0.4, 0.5) is 11.6 Å². The monoisotopic (exact) mass is 404 g/mol. The van der Waals surface area contributed by atoms with E-state index in [4.69, 9.17) is 0 Å². The molecule has 2 aromatic heterocycles. The van der Waals surface area contributed by atoms with Crippen molar-refractivity contribution in [3.8, 4) is 0 Å². The van der Waals surface area contributed by atoms with Gasteiger partial charge >= 0.3 is 0 Å². The Morgan fingerprint density at radius 3 is 2.57 bits per heavy atom. The first-order valence-electron chi connectivity index (χ1n) is 9.96. The number of piperazine rings is 1. The topological polar surface area (TPSA) is 83.4 Å². The molecule has 1 aliphatic heterocycles. The van der Waals surface area contributed by atoms with Crippen LogP contribution in [0.5, 0.6) is 0 Å². The number of aromatic nitrogens is 3. The number of nitrogens with zero attached hydrogens (tertiary/aromatic N) is 5. The average molecular weight is 404 g/mol. The molecule has 0 atom stereocenters.